The van der Waals surface area contributed by atoms with E-state index in [1.807, 2.05) is 13.1 Å². The van der Waals surface area contributed by atoms with Crippen molar-refractivity contribution in [2.45, 2.75) is 31.9 Å². The average Bonchev–Trinajstić information content (AvgIpc) is 2.84. The van der Waals surface area contributed by atoms with Crippen molar-refractivity contribution in [1.29, 1.82) is 0 Å². The minimum Gasteiger partial charge on any atom is -0.392 e. The molecule has 6 nitrogen and oxygen atoms in total. The number of benzene rings is 1. The summed E-state index contributed by atoms with van der Waals surface area (Å²) < 4.78 is 28.8. The fourth-order valence-electron chi connectivity index (χ4n) is 2.08. The third kappa shape index (κ3) is 3.69. The van der Waals surface area contributed by atoms with Gasteiger partial charge in [-0.15, -0.1) is 0 Å². The summed E-state index contributed by atoms with van der Waals surface area (Å²) in [7, 11) is -3.59. The second-order valence-corrected chi connectivity index (χ2v) is 6.61. The van der Waals surface area contributed by atoms with Crippen LogP contribution < -0.4 is 4.72 Å². The van der Waals surface area contributed by atoms with Gasteiger partial charge in [0.25, 0.3) is 0 Å². The molecule has 0 spiro atoms. The Kier molecular flexibility index (Phi) is 4.76. The van der Waals surface area contributed by atoms with E-state index in [1.54, 1.807) is 29.9 Å². The van der Waals surface area contributed by atoms with Crippen LogP contribution >= 0.6 is 0 Å². The zero-order chi connectivity index (χ0) is 15.5. The van der Waals surface area contributed by atoms with Crippen molar-refractivity contribution >= 4 is 10.0 Å². The van der Waals surface area contributed by atoms with E-state index in [2.05, 4.69) is 9.82 Å². The predicted octanol–water partition coefficient (Wildman–Crippen LogP) is 0.971. The highest BCUT2D eigenvalue weighted by Gasteiger charge is 2.17. The quantitative estimate of drug-likeness (QED) is 0.833. The van der Waals surface area contributed by atoms with Gasteiger partial charge in [0, 0.05) is 12.7 Å². The second kappa shape index (κ2) is 6.38. The summed E-state index contributed by atoms with van der Waals surface area (Å²) in [5.41, 5.74) is 2.22. The molecule has 0 saturated heterocycles. The van der Waals surface area contributed by atoms with Gasteiger partial charge in [0.1, 0.15) is 0 Å². The number of nitrogens with one attached hydrogen (secondary N) is 1. The van der Waals surface area contributed by atoms with Crippen molar-refractivity contribution in [1.82, 2.24) is 14.5 Å². The fourth-order valence-corrected chi connectivity index (χ4v) is 3.39. The van der Waals surface area contributed by atoms with E-state index in [1.165, 1.54) is 6.07 Å². The number of aryl methyl sites for hydroxylation is 1. The van der Waals surface area contributed by atoms with E-state index in [-0.39, 0.29) is 18.0 Å². The molecule has 0 aliphatic carbocycles. The molecular weight excluding hydrogens is 290 g/mol. The first kappa shape index (κ1) is 15.7. The average molecular weight is 309 g/mol. The number of aliphatic hydroxyl groups excluding tert-OH is 1. The summed E-state index contributed by atoms with van der Waals surface area (Å²) in [6, 6.07) is 4.87. The first-order chi connectivity index (χ1) is 9.94. The molecule has 114 valence electrons. The van der Waals surface area contributed by atoms with Crippen molar-refractivity contribution in [3.63, 3.8) is 0 Å². The molecule has 21 heavy (non-hydrogen) atoms. The molecule has 0 bridgehead atoms. The molecule has 1 heterocycles. The van der Waals surface area contributed by atoms with Crippen LogP contribution in [-0.2, 0) is 23.2 Å². The molecule has 7 heteroatoms. The van der Waals surface area contributed by atoms with Gasteiger partial charge in [-0.25, -0.2) is 13.1 Å². The molecule has 0 aliphatic rings. The Bertz CT molecular complexity index is 723. The number of hydrogen-bond donors (Lipinski definition) is 2. The number of sulfonamides is 1. The van der Waals surface area contributed by atoms with Gasteiger partial charge in [-0.1, -0.05) is 12.1 Å². The van der Waals surface area contributed by atoms with Gasteiger partial charge < -0.3 is 5.11 Å². The summed E-state index contributed by atoms with van der Waals surface area (Å²) in [4.78, 5) is 0.200. The molecule has 0 radical (unpaired) electrons. The minimum atomic E-state index is -3.59. The molecule has 0 saturated carbocycles. The van der Waals surface area contributed by atoms with Crippen LogP contribution in [0, 0.1) is 13.8 Å². The highest BCUT2D eigenvalue weighted by molar-refractivity contribution is 7.89. The Hall–Kier alpha value is -1.70. The molecular formula is C14H19N3O3S. The molecule has 1 aromatic heterocycles. The summed E-state index contributed by atoms with van der Waals surface area (Å²) in [6.07, 6.45) is 3.58. The molecule has 0 amide bonds. The lowest BCUT2D eigenvalue weighted by atomic mass is 10.1. The zero-order valence-corrected chi connectivity index (χ0v) is 12.9. The van der Waals surface area contributed by atoms with Crippen LogP contribution in [0.5, 0.6) is 0 Å². The van der Waals surface area contributed by atoms with Crippen LogP contribution in [0.3, 0.4) is 0 Å². The number of hydrogen-bond acceptors (Lipinski definition) is 4. The SMILES string of the molecule is Cc1cnn(CCNS(=O)(=O)c2cccc(CO)c2C)c1. The number of aliphatic hydroxyl groups is 1. The van der Waals surface area contributed by atoms with E-state index < -0.39 is 10.0 Å². The van der Waals surface area contributed by atoms with Crippen LogP contribution in [-0.4, -0.2) is 29.8 Å². The molecule has 2 rings (SSSR count). The smallest absolute Gasteiger partial charge is 0.240 e. The number of rotatable bonds is 6. The van der Waals surface area contributed by atoms with Gasteiger partial charge in [0.2, 0.25) is 10.0 Å². The second-order valence-electron chi connectivity index (χ2n) is 4.88. The van der Waals surface area contributed by atoms with Gasteiger partial charge in [0.05, 0.1) is 24.2 Å². The Labute approximate surface area is 124 Å². The Morgan fingerprint density at radius 2 is 2.10 bits per heavy atom. The largest absolute Gasteiger partial charge is 0.392 e. The minimum absolute atomic E-state index is 0.179. The van der Waals surface area contributed by atoms with Crippen molar-refractivity contribution in [3.05, 3.63) is 47.3 Å². The molecule has 0 aliphatic heterocycles. The van der Waals surface area contributed by atoms with Gasteiger partial charge in [0.15, 0.2) is 0 Å². The number of nitrogens with zero attached hydrogens (tertiary/aromatic N) is 2. The highest BCUT2D eigenvalue weighted by atomic mass is 32.2. The normalized spacial score (nSPS) is 11.8. The van der Waals surface area contributed by atoms with Crippen LogP contribution in [0.15, 0.2) is 35.5 Å². The maximum atomic E-state index is 12.3. The van der Waals surface area contributed by atoms with E-state index in [0.29, 0.717) is 17.7 Å². The summed E-state index contributed by atoms with van der Waals surface area (Å²) in [5.74, 6) is 0. The summed E-state index contributed by atoms with van der Waals surface area (Å²) in [6.45, 7) is 4.16. The van der Waals surface area contributed by atoms with Gasteiger partial charge in [-0.3, -0.25) is 4.68 Å². The molecule has 1 aromatic carbocycles. The molecule has 2 aromatic rings. The number of aromatic nitrogens is 2. The van der Waals surface area contributed by atoms with Crippen molar-refractivity contribution in [3.8, 4) is 0 Å². The van der Waals surface area contributed by atoms with Crippen LogP contribution in [0.1, 0.15) is 16.7 Å². The highest BCUT2D eigenvalue weighted by Crippen LogP contribution is 2.18. The Morgan fingerprint density at radius 3 is 2.71 bits per heavy atom. The van der Waals surface area contributed by atoms with E-state index >= 15 is 0 Å². The first-order valence-electron chi connectivity index (χ1n) is 6.62. The van der Waals surface area contributed by atoms with E-state index in [9.17, 15) is 13.5 Å². The van der Waals surface area contributed by atoms with Gasteiger partial charge >= 0.3 is 0 Å². The van der Waals surface area contributed by atoms with Gasteiger partial charge in [-0.05, 0) is 36.6 Å². The van der Waals surface area contributed by atoms with Crippen LogP contribution in [0.2, 0.25) is 0 Å². The lowest BCUT2D eigenvalue weighted by molar-refractivity contribution is 0.280. The van der Waals surface area contributed by atoms with Crippen molar-refractivity contribution < 1.29 is 13.5 Å². The van der Waals surface area contributed by atoms with E-state index in [4.69, 9.17) is 0 Å². The fraction of sp³-hybridized carbons (Fsp3) is 0.357. The topological polar surface area (TPSA) is 84.2 Å². The summed E-state index contributed by atoms with van der Waals surface area (Å²) >= 11 is 0. The van der Waals surface area contributed by atoms with Crippen LogP contribution in [0.25, 0.3) is 0 Å². The Balaban J connectivity index is 2.08. The monoisotopic (exact) mass is 309 g/mol. The van der Waals surface area contributed by atoms with Gasteiger partial charge in [-0.2, -0.15) is 5.10 Å². The maximum Gasteiger partial charge on any atom is 0.240 e. The third-order valence-corrected chi connectivity index (χ3v) is 4.86. The summed E-state index contributed by atoms with van der Waals surface area (Å²) in [5, 5.41) is 13.3. The van der Waals surface area contributed by atoms with Crippen LogP contribution in [0.4, 0.5) is 0 Å². The zero-order valence-electron chi connectivity index (χ0n) is 12.1. The molecule has 2 N–H and O–H groups in total. The first-order valence-corrected chi connectivity index (χ1v) is 8.10. The molecule has 0 atom stereocenters. The molecule has 0 unspecified atom stereocenters. The Morgan fingerprint density at radius 1 is 1.33 bits per heavy atom. The van der Waals surface area contributed by atoms with Crippen molar-refractivity contribution in [2.24, 2.45) is 0 Å². The lowest BCUT2D eigenvalue weighted by Crippen LogP contribution is -2.28. The lowest BCUT2D eigenvalue weighted by Gasteiger charge is -2.11. The third-order valence-electron chi connectivity index (χ3n) is 3.25. The molecule has 0 fully saturated rings. The predicted molar refractivity (Wildman–Crippen MR) is 79.3 cm³/mol. The maximum absolute atomic E-state index is 12.3. The standard InChI is InChI=1S/C14H19N3O3S/c1-11-8-15-17(9-11)7-6-16-21(19,20)14-5-3-4-13(10-18)12(14)2/h3-5,8-9,16,18H,6-7,10H2,1-2H3. The van der Waals surface area contributed by atoms with E-state index in [0.717, 1.165) is 5.56 Å². The van der Waals surface area contributed by atoms with Crippen molar-refractivity contribution in [2.75, 3.05) is 6.54 Å².